The van der Waals surface area contributed by atoms with Crippen molar-refractivity contribution in [2.75, 3.05) is 6.61 Å². The van der Waals surface area contributed by atoms with Crippen LogP contribution in [0.5, 0.6) is 0 Å². The van der Waals surface area contributed by atoms with Gasteiger partial charge in [0.25, 0.3) is 0 Å². The van der Waals surface area contributed by atoms with Crippen LogP contribution >= 0.6 is 0 Å². The molecule has 2 aliphatic rings. The molecule has 2 unspecified atom stereocenters. The highest BCUT2D eigenvalue weighted by Gasteiger charge is 2.29. The number of allylic oxidation sites excluding steroid dienone is 1. The molecule has 2 rings (SSSR count). The second kappa shape index (κ2) is 4.48. The lowest BCUT2D eigenvalue weighted by atomic mass is 9.70. The lowest BCUT2D eigenvalue weighted by Crippen LogP contribution is -2.24. The van der Waals surface area contributed by atoms with Gasteiger partial charge < -0.3 is 5.11 Å². The lowest BCUT2D eigenvalue weighted by Gasteiger charge is -2.36. The van der Waals surface area contributed by atoms with Gasteiger partial charge in [-0.2, -0.15) is 0 Å². The summed E-state index contributed by atoms with van der Waals surface area (Å²) in [6.07, 6.45) is 9.19. The number of hydrogen-bond acceptors (Lipinski definition) is 1. The second-order valence-corrected chi connectivity index (χ2v) is 4.82. The summed E-state index contributed by atoms with van der Waals surface area (Å²) in [4.78, 5) is 0. The van der Waals surface area contributed by atoms with E-state index in [0.717, 1.165) is 5.92 Å². The Morgan fingerprint density at radius 2 is 1.64 bits per heavy atom. The quantitative estimate of drug-likeness (QED) is 0.669. The van der Waals surface area contributed by atoms with E-state index in [9.17, 15) is 5.11 Å². The third-order valence-electron chi connectivity index (χ3n) is 4.12. The highest BCUT2D eigenvalue weighted by Crippen LogP contribution is 2.43. The van der Waals surface area contributed by atoms with Crippen molar-refractivity contribution in [3.05, 3.63) is 11.1 Å². The summed E-state index contributed by atoms with van der Waals surface area (Å²) < 4.78 is 0. The molecule has 0 radical (unpaired) electrons. The van der Waals surface area contributed by atoms with Gasteiger partial charge in [0.1, 0.15) is 0 Å². The highest BCUT2D eigenvalue weighted by atomic mass is 16.3. The molecule has 2 aliphatic carbocycles. The summed E-state index contributed by atoms with van der Waals surface area (Å²) in [5, 5.41) is 9.35. The Hall–Kier alpha value is -0.300. The summed E-state index contributed by atoms with van der Waals surface area (Å²) in [6.45, 7) is 2.69. The van der Waals surface area contributed by atoms with Crippen LogP contribution in [0.1, 0.15) is 51.9 Å². The normalized spacial score (nSPS) is 33.0. The molecule has 0 aliphatic heterocycles. The van der Waals surface area contributed by atoms with E-state index in [0.29, 0.717) is 12.5 Å². The van der Waals surface area contributed by atoms with E-state index < -0.39 is 0 Å². The summed E-state index contributed by atoms with van der Waals surface area (Å²) in [5.41, 5.74) is 3.39. The van der Waals surface area contributed by atoms with Gasteiger partial charge in [-0.1, -0.05) is 18.1 Å². The maximum Gasteiger partial charge on any atom is 0.0496 e. The van der Waals surface area contributed by atoms with Gasteiger partial charge in [0.15, 0.2) is 0 Å². The molecule has 80 valence electrons. The Kier molecular flexibility index (Phi) is 3.27. The smallest absolute Gasteiger partial charge is 0.0496 e. The first-order chi connectivity index (χ1) is 6.86. The zero-order chi connectivity index (χ0) is 9.97. The Labute approximate surface area is 87.2 Å². The predicted octanol–water partition coefficient (Wildman–Crippen LogP) is 3.29. The van der Waals surface area contributed by atoms with E-state index in [2.05, 4.69) is 6.92 Å². The summed E-state index contributed by atoms with van der Waals surface area (Å²) in [7, 11) is 0. The molecule has 0 aromatic rings. The van der Waals surface area contributed by atoms with Crippen LogP contribution in [0.3, 0.4) is 0 Å². The molecular formula is C13H22O. The van der Waals surface area contributed by atoms with Crippen molar-refractivity contribution < 1.29 is 5.11 Å². The molecule has 0 bridgehead atoms. The van der Waals surface area contributed by atoms with Crippen LogP contribution in [0.25, 0.3) is 0 Å². The lowest BCUT2D eigenvalue weighted by molar-refractivity contribution is 0.214. The average molecular weight is 194 g/mol. The first kappa shape index (κ1) is 10.2. The van der Waals surface area contributed by atoms with E-state index >= 15 is 0 Å². The monoisotopic (exact) mass is 194 g/mol. The van der Waals surface area contributed by atoms with Gasteiger partial charge in [-0.3, -0.25) is 0 Å². The summed E-state index contributed by atoms with van der Waals surface area (Å²) in [6, 6.07) is 0. The molecule has 0 saturated heterocycles. The number of hydrogen-bond donors (Lipinski definition) is 1. The zero-order valence-electron chi connectivity index (χ0n) is 9.26. The van der Waals surface area contributed by atoms with E-state index in [-0.39, 0.29) is 0 Å². The standard InChI is InChI=1S/C13H22O/c1-2-10-7-8-11(9-14)13-6-4-3-5-12(10)13/h10-11,14H,2-9H2,1H3. The fourth-order valence-electron chi connectivity index (χ4n) is 3.29. The molecule has 1 nitrogen and oxygen atoms in total. The van der Waals surface area contributed by atoms with Crippen LogP contribution in [0.2, 0.25) is 0 Å². The van der Waals surface area contributed by atoms with Crippen LogP contribution in [0.15, 0.2) is 11.1 Å². The molecule has 0 spiro atoms. The molecule has 0 saturated carbocycles. The van der Waals surface area contributed by atoms with Crippen molar-refractivity contribution in [1.82, 2.24) is 0 Å². The summed E-state index contributed by atoms with van der Waals surface area (Å²) >= 11 is 0. The zero-order valence-corrected chi connectivity index (χ0v) is 9.26. The maximum atomic E-state index is 9.35. The van der Waals surface area contributed by atoms with Gasteiger partial charge in [0.2, 0.25) is 0 Å². The minimum atomic E-state index is 0.384. The fourth-order valence-corrected chi connectivity index (χ4v) is 3.29. The highest BCUT2D eigenvalue weighted by molar-refractivity contribution is 5.25. The van der Waals surface area contributed by atoms with Gasteiger partial charge >= 0.3 is 0 Å². The van der Waals surface area contributed by atoms with Crippen molar-refractivity contribution >= 4 is 0 Å². The van der Waals surface area contributed by atoms with E-state index in [1.165, 1.54) is 44.9 Å². The Balaban J connectivity index is 2.23. The van der Waals surface area contributed by atoms with E-state index in [1.54, 1.807) is 11.1 Å². The molecular weight excluding hydrogens is 172 g/mol. The number of aliphatic hydroxyl groups is 1. The largest absolute Gasteiger partial charge is 0.396 e. The van der Waals surface area contributed by atoms with E-state index in [4.69, 9.17) is 0 Å². The molecule has 2 atom stereocenters. The first-order valence-electron chi connectivity index (χ1n) is 6.19. The topological polar surface area (TPSA) is 20.2 Å². The van der Waals surface area contributed by atoms with Crippen LogP contribution in [0, 0.1) is 11.8 Å². The summed E-state index contributed by atoms with van der Waals surface area (Å²) in [5.74, 6) is 1.38. The molecule has 0 amide bonds. The Morgan fingerprint density at radius 1 is 1.07 bits per heavy atom. The molecule has 1 heteroatoms. The Morgan fingerprint density at radius 3 is 2.21 bits per heavy atom. The van der Waals surface area contributed by atoms with Crippen LogP contribution < -0.4 is 0 Å². The number of aliphatic hydroxyl groups excluding tert-OH is 1. The van der Waals surface area contributed by atoms with Crippen LogP contribution in [-0.4, -0.2) is 11.7 Å². The molecule has 1 N–H and O–H groups in total. The first-order valence-corrected chi connectivity index (χ1v) is 6.19. The second-order valence-electron chi connectivity index (χ2n) is 4.82. The molecule has 0 heterocycles. The van der Waals surface area contributed by atoms with Crippen molar-refractivity contribution in [3.8, 4) is 0 Å². The van der Waals surface area contributed by atoms with Gasteiger partial charge in [-0.25, -0.2) is 0 Å². The molecule has 0 aromatic carbocycles. The van der Waals surface area contributed by atoms with Gasteiger partial charge in [-0.05, 0) is 50.9 Å². The van der Waals surface area contributed by atoms with Crippen LogP contribution in [-0.2, 0) is 0 Å². The van der Waals surface area contributed by atoms with Crippen LogP contribution in [0.4, 0.5) is 0 Å². The third kappa shape index (κ3) is 1.75. The van der Waals surface area contributed by atoms with E-state index in [1.807, 2.05) is 0 Å². The van der Waals surface area contributed by atoms with Gasteiger partial charge in [-0.15, -0.1) is 0 Å². The number of rotatable bonds is 2. The van der Waals surface area contributed by atoms with Crippen molar-refractivity contribution in [2.45, 2.75) is 51.9 Å². The maximum absolute atomic E-state index is 9.35. The molecule has 14 heavy (non-hydrogen) atoms. The minimum absolute atomic E-state index is 0.384. The van der Waals surface area contributed by atoms with Crippen molar-refractivity contribution in [2.24, 2.45) is 11.8 Å². The van der Waals surface area contributed by atoms with Gasteiger partial charge in [0, 0.05) is 12.5 Å². The van der Waals surface area contributed by atoms with Crippen molar-refractivity contribution in [1.29, 1.82) is 0 Å². The molecule has 0 aromatic heterocycles. The average Bonchev–Trinajstić information content (AvgIpc) is 2.27. The predicted molar refractivity (Wildman–Crippen MR) is 59.1 cm³/mol. The Bertz CT molecular complexity index is 205. The molecule has 0 fully saturated rings. The third-order valence-corrected chi connectivity index (χ3v) is 4.12. The fraction of sp³-hybridized carbons (Fsp3) is 0.846. The minimum Gasteiger partial charge on any atom is -0.396 e. The van der Waals surface area contributed by atoms with Gasteiger partial charge in [0.05, 0.1) is 0 Å². The SMILES string of the molecule is CCC1CCC(CO)C2=C1CCCC2. The van der Waals surface area contributed by atoms with Crippen molar-refractivity contribution in [3.63, 3.8) is 0 Å².